The van der Waals surface area contributed by atoms with Crippen molar-refractivity contribution in [1.29, 1.82) is 0 Å². The van der Waals surface area contributed by atoms with Crippen LogP contribution in [0.4, 0.5) is 0 Å². The van der Waals surface area contributed by atoms with Gasteiger partial charge in [0.15, 0.2) is 6.29 Å². The van der Waals surface area contributed by atoms with E-state index in [1.165, 1.54) is 0 Å². The molecule has 5 heteroatoms. The molecule has 0 spiro atoms. The molecule has 0 aromatic carbocycles. The van der Waals surface area contributed by atoms with Gasteiger partial charge in [0.05, 0.1) is 17.3 Å². The van der Waals surface area contributed by atoms with E-state index in [2.05, 4.69) is 4.99 Å². The van der Waals surface area contributed by atoms with Crippen LogP contribution in [0.5, 0.6) is 0 Å². The number of halogens is 1. The number of nitrogens with zero attached hydrogens (tertiary/aromatic N) is 2. The number of rotatable bonds is 2. The molecule has 0 aromatic heterocycles. The second-order valence-corrected chi connectivity index (χ2v) is 4.83. The number of aliphatic hydroxyl groups is 2. The first kappa shape index (κ1) is 11.2. The van der Waals surface area contributed by atoms with Crippen molar-refractivity contribution in [2.75, 3.05) is 6.54 Å². The highest BCUT2D eigenvalue weighted by Gasteiger charge is 2.41. The summed E-state index contributed by atoms with van der Waals surface area (Å²) in [5, 5.41) is 18.9. The third kappa shape index (κ3) is 1.98. The highest BCUT2D eigenvalue weighted by atomic mass is 35.5. The van der Waals surface area contributed by atoms with Gasteiger partial charge in [0.25, 0.3) is 0 Å². The van der Waals surface area contributed by atoms with E-state index in [1.54, 1.807) is 0 Å². The van der Waals surface area contributed by atoms with E-state index in [4.69, 9.17) is 11.6 Å². The molecule has 0 aliphatic carbocycles. The van der Waals surface area contributed by atoms with Crippen LogP contribution in [-0.4, -0.2) is 51.2 Å². The van der Waals surface area contributed by atoms with Crippen LogP contribution in [0.15, 0.2) is 4.99 Å². The van der Waals surface area contributed by atoms with Crippen molar-refractivity contribution in [3.05, 3.63) is 0 Å². The number of hydrogen-bond donors (Lipinski definition) is 2. The first-order valence-electron chi connectivity index (χ1n) is 5.47. The Bertz CT molecular complexity index is 270. The van der Waals surface area contributed by atoms with Crippen LogP contribution in [0.3, 0.4) is 0 Å². The average Bonchev–Trinajstić information content (AvgIpc) is 2.55. The fourth-order valence-electron chi connectivity index (χ4n) is 2.44. The number of alkyl halides is 1. The Morgan fingerprint density at radius 1 is 1.60 bits per heavy atom. The van der Waals surface area contributed by atoms with Gasteiger partial charge in [-0.3, -0.25) is 4.99 Å². The number of aliphatic imine (C=N–C) groups is 1. The summed E-state index contributed by atoms with van der Waals surface area (Å²) in [6, 6.07) is -0.298. The van der Waals surface area contributed by atoms with E-state index in [1.807, 2.05) is 11.8 Å². The van der Waals surface area contributed by atoms with Crippen LogP contribution in [-0.2, 0) is 0 Å². The van der Waals surface area contributed by atoms with Crippen LogP contribution in [0, 0.1) is 0 Å². The molecular weight excluding hydrogens is 216 g/mol. The number of fused-ring (bicyclic) bond motifs is 1. The van der Waals surface area contributed by atoms with E-state index >= 15 is 0 Å². The van der Waals surface area contributed by atoms with E-state index in [0.29, 0.717) is 6.54 Å². The summed E-state index contributed by atoms with van der Waals surface area (Å²) in [5.41, 5.74) is 0. The van der Waals surface area contributed by atoms with Crippen molar-refractivity contribution >= 4 is 17.4 Å². The molecule has 0 aromatic rings. The van der Waals surface area contributed by atoms with Crippen molar-refractivity contribution in [3.8, 4) is 0 Å². The fourth-order valence-corrected chi connectivity index (χ4v) is 2.70. The lowest BCUT2D eigenvalue weighted by Gasteiger charge is -2.35. The van der Waals surface area contributed by atoms with E-state index in [-0.39, 0.29) is 17.5 Å². The summed E-state index contributed by atoms with van der Waals surface area (Å²) in [6.07, 6.45) is 1.28. The van der Waals surface area contributed by atoms with Crippen molar-refractivity contribution in [3.63, 3.8) is 0 Å². The zero-order chi connectivity index (χ0) is 11.0. The van der Waals surface area contributed by atoms with Gasteiger partial charge in [0.1, 0.15) is 6.04 Å². The minimum absolute atomic E-state index is 0.00182. The summed E-state index contributed by atoms with van der Waals surface area (Å²) in [6.45, 7) is 2.69. The Kier molecular flexibility index (Phi) is 3.19. The molecule has 0 amide bonds. The van der Waals surface area contributed by atoms with Crippen molar-refractivity contribution in [1.82, 2.24) is 4.90 Å². The molecule has 0 bridgehead atoms. The van der Waals surface area contributed by atoms with E-state index in [0.717, 1.165) is 25.1 Å². The third-order valence-electron chi connectivity index (χ3n) is 3.20. The molecule has 0 radical (unpaired) electrons. The second kappa shape index (κ2) is 4.28. The van der Waals surface area contributed by atoms with Crippen LogP contribution >= 0.6 is 11.6 Å². The third-order valence-corrected chi connectivity index (χ3v) is 3.56. The molecule has 2 rings (SSSR count). The smallest absolute Gasteiger partial charge is 0.174 e. The van der Waals surface area contributed by atoms with Gasteiger partial charge in [-0.05, 0) is 12.8 Å². The maximum Gasteiger partial charge on any atom is 0.174 e. The Morgan fingerprint density at radius 2 is 2.33 bits per heavy atom. The Morgan fingerprint density at radius 3 is 2.93 bits per heavy atom. The highest BCUT2D eigenvalue weighted by molar-refractivity contribution is 6.21. The number of hydrogen-bond acceptors (Lipinski definition) is 4. The molecule has 1 saturated heterocycles. The van der Waals surface area contributed by atoms with E-state index < -0.39 is 6.29 Å². The largest absolute Gasteiger partial charge is 0.366 e. The van der Waals surface area contributed by atoms with Crippen LogP contribution in [0.1, 0.15) is 26.2 Å². The van der Waals surface area contributed by atoms with Gasteiger partial charge in [-0.25, -0.2) is 0 Å². The SMILES string of the molecule is CCC1N=C2CCC(Cl)CN2C1C(O)O. The van der Waals surface area contributed by atoms with Crippen molar-refractivity contribution < 1.29 is 10.2 Å². The maximum atomic E-state index is 9.38. The monoisotopic (exact) mass is 232 g/mol. The molecule has 4 nitrogen and oxygen atoms in total. The van der Waals surface area contributed by atoms with E-state index in [9.17, 15) is 10.2 Å². The molecule has 0 saturated carbocycles. The Hall–Kier alpha value is -0.320. The van der Waals surface area contributed by atoms with Gasteiger partial charge in [0.2, 0.25) is 0 Å². The second-order valence-electron chi connectivity index (χ2n) is 4.21. The number of aliphatic hydroxyl groups excluding tert-OH is 1. The van der Waals surface area contributed by atoms with Gasteiger partial charge in [-0.15, -0.1) is 11.6 Å². The van der Waals surface area contributed by atoms with Crippen LogP contribution in [0.2, 0.25) is 0 Å². The van der Waals surface area contributed by atoms with Gasteiger partial charge >= 0.3 is 0 Å². The molecule has 15 heavy (non-hydrogen) atoms. The first-order valence-corrected chi connectivity index (χ1v) is 5.90. The lowest BCUT2D eigenvalue weighted by atomic mass is 10.0. The minimum atomic E-state index is -1.34. The van der Waals surface area contributed by atoms with Gasteiger partial charge < -0.3 is 15.1 Å². The molecule has 3 atom stereocenters. The normalized spacial score (nSPS) is 35.7. The average molecular weight is 233 g/mol. The minimum Gasteiger partial charge on any atom is -0.366 e. The molecule has 2 N–H and O–H groups in total. The van der Waals surface area contributed by atoms with Crippen molar-refractivity contribution in [2.45, 2.75) is 49.9 Å². The predicted molar refractivity (Wildman–Crippen MR) is 59.1 cm³/mol. The summed E-state index contributed by atoms with van der Waals surface area (Å²) >= 11 is 6.08. The standard InChI is InChI=1S/C10H17ClN2O2/c1-2-7-9(10(14)15)13-5-6(11)3-4-8(13)12-7/h6-7,9-10,14-15H,2-5H2,1H3. The quantitative estimate of drug-likeness (QED) is 0.540. The van der Waals surface area contributed by atoms with Crippen LogP contribution in [0.25, 0.3) is 0 Å². The predicted octanol–water partition coefficient (Wildman–Crippen LogP) is 0.560. The summed E-state index contributed by atoms with van der Waals surface area (Å²) in [5.74, 6) is 0.997. The maximum absolute atomic E-state index is 9.38. The molecular formula is C10H17ClN2O2. The zero-order valence-electron chi connectivity index (χ0n) is 8.80. The number of piperidine rings is 1. The molecule has 3 unspecified atom stereocenters. The molecule has 2 aliphatic heterocycles. The van der Waals surface area contributed by atoms with Gasteiger partial charge in [-0.1, -0.05) is 6.92 Å². The Labute approximate surface area is 94.6 Å². The highest BCUT2D eigenvalue weighted by Crippen LogP contribution is 2.29. The first-order chi connectivity index (χ1) is 7.13. The van der Waals surface area contributed by atoms with Gasteiger partial charge in [0, 0.05) is 13.0 Å². The summed E-state index contributed by atoms with van der Waals surface area (Å²) in [4.78, 5) is 6.50. The topological polar surface area (TPSA) is 56.1 Å². The van der Waals surface area contributed by atoms with Crippen LogP contribution < -0.4 is 0 Å². The van der Waals surface area contributed by atoms with Gasteiger partial charge in [-0.2, -0.15) is 0 Å². The zero-order valence-corrected chi connectivity index (χ0v) is 9.56. The molecule has 2 heterocycles. The molecule has 86 valence electrons. The molecule has 1 fully saturated rings. The summed E-state index contributed by atoms with van der Waals surface area (Å²) in [7, 11) is 0. The lowest BCUT2D eigenvalue weighted by molar-refractivity contribution is -0.0897. The lowest BCUT2D eigenvalue weighted by Crippen LogP contribution is -2.51. The fraction of sp³-hybridized carbons (Fsp3) is 0.900. The van der Waals surface area contributed by atoms with Crippen molar-refractivity contribution in [2.24, 2.45) is 4.99 Å². The Balaban J connectivity index is 2.17. The summed E-state index contributed by atoms with van der Waals surface area (Å²) < 4.78 is 0. The molecule has 2 aliphatic rings. The number of amidine groups is 1.